The van der Waals surface area contributed by atoms with Gasteiger partial charge in [0.1, 0.15) is 0 Å². The van der Waals surface area contributed by atoms with Crippen LogP contribution in [0.4, 0.5) is 0 Å². The molecule has 2 rings (SSSR count). The molecule has 0 bridgehead atoms. The van der Waals surface area contributed by atoms with Crippen molar-refractivity contribution in [1.29, 1.82) is 0 Å². The first-order valence-electron chi connectivity index (χ1n) is 5.33. The van der Waals surface area contributed by atoms with E-state index in [1.807, 2.05) is 0 Å². The molecule has 14 heavy (non-hydrogen) atoms. The molecule has 80 valence electrons. The van der Waals surface area contributed by atoms with E-state index in [4.69, 9.17) is 9.47 Å². The maximum atomic E-state index is 11.6. The van der Waals surface area contributed by atoms with Crippen LogP contribution in [0.5, 0.6) is 0 Å². The molecule has 0 radical (unpaired) electrons. The summed E-state index contributed by atoms with van der Waals surface area (Å²) in [7, 11) is 0. The van der Waals surface area contributed by atoms with Gasteiger partial charge in [-0.05, 0) is 19.3 Å². The van der Waals surface area contributed by atoms with Crippen molar-refractivity contribution in [2.45, 2.75) is 25.4 Å². The molecule has 0 aromatic rings. The van der Waals surface area contributed by atoms with E-state index >= 15 is 0 Å². The zero-order valence-electron chi connectivity index (χ0n) is 8.33. The van der Waals surface area contributed by atoms with Crippen molar-refractivity contribution in [1.82, 2.24) is 5.32 Å². The molecule has 2 atom stereocenters. The van der Waals surface area contributed by atoms with Gasteiger partial charge in [-0.3, -0.25) is 4.79 Å². The topological polar surface area (TPSA) is 47.6 Å². The molecule has 0 aromatic heterocycles. The molecule has 2 saturated heterocycles. The lowest BCUT2D eigenvalue weighted by Crippen LogP contribution is -2.36. The fourth-order valence-corrected chi connectivity index (χ4v) is 1.91. The summed E-state index contributed by atoms with van der Waals surface area (Å²) >= 11 is 0. The highest BCUT2D eigenvalue weighted by molar-refractivity contribution is 5.78. The Bertz CT molecular complexity index is 196. The van der Waals surface area contributed by atoms with E-state index in [1.54, 1.807) is 0 Å². The Morgan fingerprint density at radius 3 is 2.93 bits per heavy atom. The molecule has 0 spiro atoms. The van der Waals surface area contributed by atoms with Crippen LogP contribution in [0.2, 0.25) is 0 Å². The van der Waals surface area contributed by atoms with Crippen LogP contribution in [0.1, 0.15) is 19.3 Å². The summed E-state index contributed by atoms with van der Waals surface area (Å²) in [4.78, 5) is 11.6. The maximum Gasteiger partial charge on any atom is 0.225 e. The Balaban J connectivity index is 1.66. The number of ether oxygens (including phenoxy) is 2. The first-order valence-corrected chi connectivity index (χ1v) is 5.33. The second-order valence-electron chi connectivity index (χ2n) is 3.94. The molecule has 0 aliphatic carbocycles. The molecular formula is C10H17NO3. The Kier molecular flexibility index (Phi) is 3.37. The fraction of sp³-hybridized carbons (Fsp3) is 0.900. The molecule has 1 amide bonds. The van der Waals surface area contributed by atoms with E-state index in [0.29, 0.717) is 13.2 Å². The SMILES string of the molecule is O=C(NCC1CCCO1)C1CCOC1. The standard InChI is InChI=1S/C10H17NO3/c12-10(8-3-5-13-7-8)11-6-9-2-1-4-14-9/h8-9H,1-7H2,(H,11,12). The van der Waals surface area contributed by atoms with Gasteiger partial charge in [-0.2, -0.15) is 0 Å². The molecule has 2 aliphatic heterocycles. The number of carbonyl (C=O) groups is 1. The van der Waals surface area contributed by atoms with E-state index < -0.39 is 0 Å². The van der Waals surface area contributed by atoms with Gasteiger partial charge in [-0.25, -0.2) is 0 Å². The molecular weight excluding hydrogens is 182 g/mol. The predicted molar refractivity (Wildman–Crippen MR) is 50.9 cm³/mol. The number of carbonyl (C=O) groups excluding carboxylic acids is 1. The molecule has 4 nitrogen and oxygen atoms in total. The second-order valence-corrected chi connectivity index (χ2v) is 3.94. The van der Waals surface area contributed by atoms with Gasteiger partial charge >= 0.3 is 0 Å². The van der Waals surface area contributed by atoms with Crippen molar-refractivity contribution in [3.63, 3.8) is 0 Å². The van der Waals surface area contributed by atoms with Crippen LogP contribution in [0.3, 0.4) is 0 Å². The van der Waals surface area contributed by atoms with Crippen molar-refractivity contribution in [2.24, 2.45) is 5.92 Å². The summed E-state index contributed by atoms with van der Waals surface area (Å²) in [6.07, 6.45) is 3.28. The highest BCUT2D eigenvalue weighted by Gasteiger charge is 2.24. The Morgan fingerprint density at radius 1 is 1.36 bits per heavy atom. The zero-order chi connectivity index (χ0) is 9.80. The van der Waals surface area contributed by atoms with Crippen molar-refractivity contribution in [3.8, 4) is 0 Å². The van der Waals surface area contributed by atoms with E-state index in [2.05, 4.69) is 5.32 Å². The average molecular weight is 199 g/mol. The molecule has 0 aromatic carbocycles. The van der Waals surface area contributed by atoms with Crippen LogP contribution in [0.25, 0.3) is 0 Å². The van der Waals surface area contributed by atoms with E-state index in [-0.39, 0.29) is 17.9 Å². The van der Waals surface area contributed by atoms with Gasteiger partial charge in [0.2, 0.25) is 5.91 Å². The number of nitrogens with one attached hydrogen (secondary N) is 1. The van der Waals surface area contributed by atoms with Gasteiger partial charge in [0.15, 0.2) is 0 Å². The smallest absolute Gasteiger partial charge is 0.225 e. The minimum atomic E-state index is 0.0661. The third-order valence-electron chi connectivity index (χ3n) is 2.83. The van der Waals surface area contributed by atoms with Gasteiger partial charge in [0.25, 0.3) is 0 Å². The van der Waals surface area contributed by atoms with E-state index in [0.717, 1.165) is 32.5 Å². The third-order valence-corrected chi connectivity index (χ3v) is 2.83. The normalized spacial score (nSPS) is 32.0. The first kappa shape index (κ1) is 9.93. The van der Waals surface area contributed by atoms with Crippen LogP contribution < -0.4 is 5.32 Å². The number of hydrogen-bond acceptors (Lipinski definition) is 3. The zero-order valence-corrected chi connectivity index (χ0v) is 8.33. The van der Waals surface area contributed by atoms with Crippen LogP contribution in [-0.2, 0) is 14.3 Å². The highest BCUT2D eigenvalue weighted by Crippen LogP contribution is 2.13. The summed E-state index contributed by atoms with van der Waals surface area (Å²) in [5.41, 5.74) is 0. The third kappa shape index (κ3) is 2.45. The van der Waals surface area contributed by atoms with Crippen LogP contribution >= 0.6 is 0 Å². The van der Waals surface area contributed by atoms with Crippen molar-refractivity contribution in [3.05, 3.63) is 0 Å². The minimum Gasteiger partial charge on any atom is -0.381 e. The number of rotatable bonds is 3. The fourth-order valence-electron chi connectivity index (χ4n) is 1.91. The summed E-state index contributed by atoms with van der Waals surface area (Å²) in [6, 6.07) is 0. The maximum absolute atomic E-state index is 11.6. The molecule has 2 heterocycles. The molecule has 1 N–H and O–H groups in total. The van der Waals surface area contributed by atoms with Gasteiger partial charge in [-0.15, -0.1) is 0 Å². The molecule has 2 unspecified atom stereocenters. The predicted octanol–water partition coefficient (Wildman–Crippen LogP) is 0.318. The van der Waals surface area contributed by atoms with Crippen molar-refractivity contribution >= 4 is 5.91 Å². The van der Waals surface area contributed by atoms with Gasteiger partial charge < -0.3 is 14.8 Å². The summed E-state index contributed by atoms with van der Waals surface area (Å²) in [5, 5.41) is 2.92. The highest BCUT2D eigenvalue weighted by atomic mass is 16.5. The van der Waals surface area contributed by atoms with Crippen molar-refractivity contribution < 1.29 is 14.3 Å². The van der Waals surface area contributed by atoms with Gasteiger partial charge in [0.05, 0.1) is 18.6 Å². The Labute approximate surface area is 84.0 Å². The number of hydrogen-bond donors (Lipinski definition) is 1. The monoisotopic (exact) mass is 199 g/mol. The van der Waals surface area contributed by atoms with E-state index in [1.165, 1.54) is 0 Å². The summed E-state index contributed by atoms with van der Waals surface area (Å²) < 4.78 is 10.6. The largest absolute Gasteiger partial charge is 0.381 e. The molecule has 2 aliphatic rings. The lowest BCUT2D eigenvalue weighted by molar-refractivity contribution is -0.125. The van der Waals surface area contributed by atoms with Crippen LogP contribution in [-0.4, -0.2) is 38.4 Å². The van der Waals surface area contributed by atoms with Gasteiger partial charge in [0, 0.05) is 19.8 Å². The Hall–Kier alpha value is -0.610. The van der Waals surface area contributed by atoms with Crippen molar-refractivity contribution in [2.75, 3.05) is 26.4 Å². The summed E-state index contributed by atoms with van der Waals surface area (Å²) in [5.74, 6) is 0.189. The lowest BCUT2D eigenvalue weighted by Gasteiger charge is -2.13. The Morgan fingerprint density at radius 2 is 2.29 bits per heavy atom. The summed E-state index contributed by atoms with van der Waals surface area (Å²) in [6.45, 7) is 2.80. The first-order chi connectivity index (χ1) is 6.86. The number of amides is 1. The minimum absolute atomic E-state index is 0.0661. The lowest BCUT2D eigenvalue weighted by atomic mass is 10.1. The molecule has 2 fully saturated rings. The van der Waals surface area contributed by atoms with E-state index in [9.17, 15) is 4.79 Å². The molecule has 4 heteroatoms. The molecule has 0 saturated carbocycles. The van der Waals surface area contributed by atoms with Crippen LogP contribution in [0, 0.1) is 5.92 Å². The van der Waals surface area contributed by atoms with Crippen LogP contribution in [0.15, 0.2) is 0 Å². The average Bonchev–Trinajstić information content (AvgIpc) is 2.87. The second kappa shape index (κ2) is 4.75. The quantitative estimate of drug-likeness (QED) is 0.712. The van der Waals surface area contributed by atoms with Gasteiger partial charge in [-0.1, -0.05) is 0 Å².